The van der Waals surface area contributed by atoms with Gasteiger partial charge in [-0.05, 0) is 12.8 Å². The molecular formula is C10H15N3O. The molecule has 1 aliphatic heterocycles. The van der Waals surface area contributed by atoms with Gasteiger partial charge in [0, 0.05) is 38.3 Å². The molecular weight excluding hydrogens is 178 g/mol. The third-order valence-corrected chi connectivity index (χ3v) is 2.80. The molecule has 2 heterocycles. The Balaban J connectivity index is 1.88. The molecule has 1 unspecified atom stereocenters. The Morgan fingerprint density at radius 3 is 3.14 bits per heavy atom. The number of aryl methyl sites for hydroxylation is 2. The Labute approximate surface area is 83.3 Å². The quantitative estimate of drug-likeness (QED) is 0.759. The van der Waals surface area contributed by atoms with E-state index in [1.807, 2.05) is 17.8 Å². The van der Waals surface area contributed by atoms with Crippen LogP contribution in [0.1, 0.15) is 18.7 Å². The van der Waals surface area contributed by atoms with E-state index in [1.54, 1.807) is 6.20 Å². The van der Waals surface area contributed by atoms with Crippen LogP contribution in [0, 0.1) is 5.92 Å². The van der Waals surface area contributed by atoms with Crippen LogP contribution in [0.5, 0.6) is 0 Å². The molecule has 4 nitrogen and oxygen atoms in total. The van der Waals surface area contributed by atoms with E-state index in [1.165, 1.54) is 0 Å². The minimum atomic E-state index is 0.201. The summed E-state index contributed by atoms with van der Waals surface area (Å²) in [5, 5.41) is 2.85. The van der Waals surface area contributed by atoms with Crippen molar-refractivity contribution in [3.63, 3.8) is 0 Å². The van der Waals surface area contributed by atoms with E-state index in [4.69, 9.17) is 0 Å². The Morgan fingerprint density at radius 1 is 1.71 bits per heavy atom. The Morgan fingerprint density at radius 2 is 2.57 bits per heavy atom. The summed E-state index contributed by atoms with van der Waals surface area (Å²) in [5.41, 5.74) is 0. The van der Waals surface area contributed by atoms with Gasteiger partial charge in [-0.15, -0.1) is 0 Å². The van der Waals surface area contributed by atoms with E-state index in [-0.39, 0.29) is 11.8 Å². The molecule has 1 aromatic heterocycles. The Kier molecular flexibility index (Phi) is 2.52. The van der Waals surface area contributed by atoms with Crippen molar-refractivity contribution in [2.45, 2.75) is 19.3 Å². The van der Waals surface area contributed by atoms with Crippen molar-refractivity contribution >= 4 is 5.91 Å². The Bertz CT molecular complexity index is 332. The van der Waals surface area contributed by atoms with Crippen LogP contribution in [-0.2, 0) is 18.3 Å². The molecule has 0 radical (unpaired) electrons. The first kappa shape index (κ1) is 9.24. The number of imidazole rings is 1. The summed E-state index contributed by atoms with van der Waals surface area (Å²) in [6.07, 6.45) is 6.51. The lowest BCUT2D eigenvalue weighted by molar-refractivity contribution is -0.122. The highest BCUT2D eigenvalue weighted by atomic mass is 16.2. The first-order valence-corrected chi connectivity index (χ1v) is 5.01. The molecule has 1 amide bonds. The van der Waals surface area contributed by atoms with Crippen LogP contribution in [0.4, 0.5) is 0 Å². The lowest BCUT2D eigenvalue weighted by Gasteiger charge is -2.05. The van der Waals surface area contributed by atoms with Crippen molar-refractivity contribution < 1.29 is 4.79 Å². The zero-order valence-electron chi connectivity index (χ0n) is 8.36. The zero-order chi connectivity index (χ0) is 9.97. The van der Waals surface area contributed by atoms with Crippen LogP contribution in [-0.4, -0.2) is 22.0 Å². The summed E-state index contributed by atoms with van der Waals surface area (Å²) in [5.74, 6) is 1.47. The van der Waals surface area contributed by atoms with Gasteiger partial charge in [0.1, 0.15) is 5.82 Å². The molecule has 2 rings (SSSR count). The minimum absolute atomic E-state index is 0.201. The second kappa shape index (κ2) is 3.82. The second-order valence-electron chi connectivity index (χ2n) is 3.77. The van der Waals surface area contributed by atoms with Crippen molar-refractivity contribution in [2.75, 3.05) is 6.54 Å². The molecule has 0 aromatic carbocycles. The van der Waals surface area contributed by atoms with Crippen LogP contribution in [0.2, 0.25) is 0 Å². The van der Waals surface area contributed by atoms with Crippen LogP contribution < -0.4 is 5.32 Å². The topological polar surface area (TPSA) is 46.9 Å². The van der Waals surface area contributed by atoms with Crippen molar-refractivity contribution in [2.24, 2.45) is 13.0 Å². The molecule has 4 heteroatoms. The van der Waals surface area contributed by atoms with Gasteiger partial charge in [0.2, 0.25) is 5.91 Å². The predicted octanol–water partition coefficient (Wildman–Crippen LogP) is 0.489. The minimum Gasteiger partial charge on any atom is -0.356 e. The molecule has 0 aliphatic carbocycles. The molecule has 1 aliphatic rings. The SMILES string of the molecule is Cn1ccnc1CCC1CCNC1=O. The summed E-state index contributed by atoms with van der Waals surface area (Å²) in [6, 6.07) is 0. The van der Waals surface area contributed by atoms with Crippen LogP contribution in [0.25, 0.3) is 0 Å². The van der Waals surface area contributed by atoms with E-state index in [0.717, 1.165) is 31.6 Å². The normalized spacial score (nSPS) is 21.2. The van der Waals surface area contributed by atoms with Crippen LogP contribution in [0.3, 0.4) is 0 Å². The van der Waals surface area contributed by atoms with Crippen LogP contribution in [0.15, 0.2) is 12.4 Å². The van der Waals surface area contributed by atoms with Gasteiger partial charge >= 0.3 is 0 Å². The van der Waals surface area contributed by atoms with Crippen LogP contribution >= 0.6 is 0 Å². The average Bonchev–Trinajstić information content (AvgIpc) is 2.72. The van der Waals surface area contributed by atoms with Gasteiger partial charge in [-0.1, -0.05) is 0 Å². The van der Waals surface area contributed by atoms with Crippen molar-refractivity contribution in [1.82, 2.24) is 14.9 Å². The molecule has 14 heavy (non-hydrogen) atoms. The highest BCUT2D eigenvalue weighted by Crippen LogP contribution is 2.16. The maximum Gasteiger partial charge on any atom is 0.223 e. The maximum absolute atomic E-state index is 11.3. The summed E-state index contributed by atoms with van der Waals surface area (Å²) in [7, 11) is 1.98. The largest absolute Gasteiger partial charge is 0.356 e. The highest BCUT2D eigenvalue weighted by Gasteiger charge is 2.23. The van der Waals surface area contributed by atoms with E-state index >= 15 is 0 Å². The highest BCUT2D eigenvalue weighted by molar-refractivity contribution is 5.80. The molecule has 1 atom stereocenters. The van der Waals surface area contributed by atoms with Gasteiger partial charge in [0.05, 0.1) is 0 Å². The lowest BCUT2D eigenvalue weighted by atomic mass is 10.0. The maximum atomic E-state index is 11.3. The fraction of sp³-hybridized carbons (Fsp3) is 0.600. The number of hydrogen-bond acceptors (Lipinski definition) is 2. The first-order chi connectivity index (χ1) is 6.77. The summed E-state index contributed by atoms with van der Waals surface area (Å²) >= 11 is 0. The predicted molar refractivity (Wildman–Crippen MR) is 52.6 cm³/mol. The number of aromatic nitrogens is 2. The molecule has 1 aromatic rings. The summed E-state index contributed by atoms with van der Waals surface area (Å²) in [4.78, 5) is 15.5. The molecule has 1 saturated heterocycles. The smallest absolute Gasteiger partial charge is 0.223 e. The monoisotopic (exact) mass is 193 g/mol. The van der Waals surface area contributed by atoms with E-state index < -0.39 is 0 Å². The summed E-state index contributed by atoms with van der Waals surface area (Å²) in [6.45, 7) is 0.837. The third kappa shape index (κ3) is 1.78. The molecule has 0 saturated carbocycles. The van der Waals surface area contributed by atoms with E-state index in [2.05, 4.69) is 10.3 Å². The van der Waals surface area contributed by atoms with Gasteiger partial charge in [-0.2, -0.15) is 0 Å². The fourth-order valence-electron chi connectivity index (χ4n) is 1.86. The first-order valence-electron chi connectivity index (χ1n) is 5.01. The lowest BCUT2D eigenvalue weighted by Crippen LogP contribution is -2.19. The van der Waals surface area contributed by atoms with Crippen molar-refractivity contribution in [1.29, 1.82) is 0 Å². The number of rotatable bonds is 3. The molecule has 0 bridgehead atoms. The van der Waals surface area contributed by atoms with E-state index in [9.17, 15) is 4.79 Å². The number of nitrogens with one attached hydrogen (secondary N) is 1. The third-order valence-electron chi connectivity index (χ3n) is 2.80. The standard InChI is InChI=1S/C10H15N3O/c1-13-7-6-11-9(13)3-2-8-4-5-12-10(8)14/h6-8H,2-5H2,1H3,(H,12,14). The average molecular weight is 193 g/mol. The Hall–Kier alpha value is -1.32. The van der Waals surface area contributed by atoms with Gasteiger partial charge < -0.3 is 9.88 Å². The number of hydrogen-bond donors (Lipinski definition) is 1. The molecule has 1 N–H and O–H groups in total. The number of amides is 1. The van der Waals surface area contributed by atoms with Gasteiger partial charge in [0.15, 0.2) is 0 Å². The van der Waals surface area contributed by atoms with Gasteiger partial charge in [-0.3, -0.25) is 4.79 Å². The van der Waals surface area contributed by atoms with E-state index in [0.29, 0.717) is 0 Å². The molecule has 1 fully saturated rings. The second-order valence-corrected chi connectivity index (χ2v) is 3.77. The number of nitrogens with zero attached hydrogens (tertiary/aromatic N) is 2. The molecule has 76 valence electrons. The van der Waals surface area contributed by atoms with Crippen molar-refractivity contribution in [3.05, 3.63) is 18.2 Å². The van der Waals surface area contributed by atoms with Crippen molar-refractivity contribution in [3.8, 4) is 0 Å². The number of carbonyl (C=O) groups is 1. The van der Waals surface area contributed by atoms with Gasteiger partial charge in [0.25, 0.3) is 0 Å². The van der Waals surface area contributed by atoms with Gasteiger partial charge in [-0.25, -0.2) is 4.98 Å². The zero-order valence-corrected chi connectivity index (χ0v) is 8.36. The number of carbonyl (C=O) groups excluding carboxylic acids is 1. The fourth-order valence-corrected chi connectivity index (χ4v) is 1.86. The summed E-state index contributed by atoms with van der Waals surface area (Å²) < 4.78 is 2.01. The molecule has 0 spiro atoms.